The number of para-hydroxylation sites is 1. The fourth-order valence-electron chi connectivity index (χ4n) is 3.54. The normalized spacial score (nSPS) is 18.8. The smallest absolute Gasteiger partial charge is 0.258 e. The molecule has 0 aromatic heterocycles. The summed E-state index contributed by atoms with van der Waals surface area (Å²) in [5, 5.41) is 3.62. The first-order chi connectivity index (χ1) is 13.1. The number of rotatable bonds is 8. The molecule has 144 valence electrons. The zero-order valence-electron chi connectivity index (χ0n) is 16.6. The summed E-state index contributed by atoms with van der Waals surface area (Å²) >= 11 is 0. The maximum Gasteiger partial charge on any atom is 0.258 e. The topological polar surface area (TPSA) is 41.6 Å². The lowest BCUT2D eigenvalue weighted by Crippen LogP contribution is -2.56. The number of anilines is 1. The zero-order valence-corrected chi connectivity index (χ0v) is 16.6. The van der Waals surface area contributed by atoms with Crippen LogP contribution in [0.3, 0.4) is 0 Å². The number of nitrogens with one attached hydrogen (secondary N) is 1. The molecule has 1 N–H and O–H groups in total. The number of carbonyl (C=O) groups excluding carboxylic acids is 1. The van der Waals surface area contributed by atoms with Crippen LogP contribution in [0.4, 0.5) is 5.69 Å². The third kappa shape index (κ3) is 3.95. The Morgan fingerprint density at radius 2 is 1.70 bits per heavy atom. The van der Waals surface area contributed by atoms with Crippen molar-refractivity contribution in [3.63, 3.8) is 0 Å². The number of amides is 1. The Morgan fingerprint density at radius 3 is 2.41 bits per heavy atom. The van der Waals surface area contributed by atoms with Crippen LogP contribution in [0.15, 0.2) is 48.5 Å². The van der Waals surface area contributed by atoms with Gasteiger partial charge in [0, 0.05) is 12.2 Å². The summed E-state index contributed by atoms with van der Waals surface area (Å²) in [6.45, 7) is 7.85. The van der Waals surface area contributed by atoms with Gasteiger partial charge in [0.15, 0.2) is 0 Å². The number of carbonyl (C=O) groups is 1. The summed E-state index contributed by atoms with van der Waals surface area (Å²) in [7, 11) is 0. The zero-order chi connectivity index (χ0) is 19.3. The van der Waals surface area contributed by atoms with E-state index in [1.807, 2.05) is 41.3 Å². The van der Waals surface area contributed by atoms with E-state index < -0.39 is 5.66 Å². The van der Waals surface area contributed by atoms with Crippen LogP contribution in [-0.4, -0.2) is 24.0 Å². The van der Waals surface area contributed by atoms with E-state index in [9.17, 15) is 4.79 Å². The van der Waals surface area contributed by atoms with Gasteiger partial charge in [-0.15, -0.1) is 0 Å². The standard InChI is InChI=1S/C23H30N2O2/c1-4-6-16-25-22(26)20-10-8-9-11-21(20)24-23(25,3)18-12-14-19(15-13-18)27-17-7-5-2/h8-15,24H,4-7,16-17H2,1-3H3. The fraction of sp³-hybridized carbons (Fsp3) is 0.435. The van der Waals surface area contributed by atoms with Crippen LogP contribution in [0.5, 0.6) is 5.75 Å². The van der Waals surface area contributed by atoms with Crippen molar-refractivity contribution in [3.8, 4) is 5.75 Å². The van der Waals surface area contributed by atoms with E-state index in [1.165, 1.54) is 0 Å². The second kappa shape index (κ2) is 8.47. The van der Waals surface area contributed by atoms with Gasteiger partial charge >= 0.3 is 0 Å². The molecular formula is C23H30N2O2. The van der Waals surface area contributed by atoms with Crippen molar-refractivity contribution in [1.29, 1.82) is 0 Å². The van der Waals surface area contributed by atoms with Gasteiger partial charge in [-0.3, -0.25) is 4.79 Å². The summed E-state index contributed by atoms with van der Waals surface area (Å²) in [6, 6.07) is 15.9. The molecule has 4 nitrogen and oxygen atoms in total. The molecule has 0 radical (unpaired) electrons. The summed E-state index contributed by atoms with van der Waals surface area (Å²) in [5.74, 6) is 0.960. The van der Waals surface area contributed by atoms with Gasteiger partial charge in [-0.25, -0.2) is 0 Å². The number of benzene rings is 2. The lowest BCUT2D eigenvalue weighted by atomic mass is 9.93. The van der Waals surface area contributed by atoms with Gasteiger partial charge in [-0.2, -0.15) is 0 Å². The van der Waals surface area contributed by atoms with E-state index >= 15 is 0 Å². The van der Waals surface area contributed by atoms with Crippen molar-refractivity contribution in [2.24, 2.45) is 0 Å². The molecule has 1 aliphatic rings. The lowest BCUT2D eigenvalue weighted by molar-refractivity contribution is 0.0531. The van der Waals surface area contributed by atoms with E-state index in [0.29, 0.717) is 0 Å². The molecule has 4 heteroatoms. The van der Waals surface area contributed by atoms with E-state index in [-0.39, 0.29) is 5.91 Å². The first kappa shape index (κ1) is 19.3. The number of ether oxygens (including phenoxy) is 1. The predicted octanol–water partition coefficient (Wildman–Crippen LogP) is 5.41. The molecule has 2 aromatic rings. The predicted molar refractivity (Wildman–Crippen MR) is 110 cm³/mol. The highest BCUT2D eigenvalue weighted by Gasteiger charge is 2.41. The molecule has 0 saturated heterocycles. The van der Waals surface area contributed by atoms with Gasteiger partial charge in [-0.05, 0) is 49.6 Å². The minimum absolute atomic E-state index is 0.0866. The minimum atomic E-state index is -0.581. The second-order valence-electron chi connectivity index (χ2n) is 7.28. The summed E-state index contributed by atoms with van der Waals surface area (Å²) in [5.41, 5.74) is 2.11. The Morgan fingerprint density at radius 1 is 1.00 bits per heavy atom. The van der Waals surface area contributed by atoms with Gasteiger partial charge in [0.05, 0.1) is 12.2 Å². The molecule has 1 aliphatic heterocycles. The van der Waals surface area contributed by atoms with Gasteiger partial charge < -0.3 is 15.0 Å². The fourth-order valence-corrected chi connectivity index (χ4v) is 3.54. The average molecular weight is 367 g/mol. The van der Waals surface area contributed by atoms with E-state index in [0.717, 1.165) is 61.4 Å². The molecule has 1 heterocycles. The van der Waals surface area contributed by atoms with Gasteiger partial charge in [0.1, 0.15) is 11.4 Å². The van der Waals surface area contributed by atoms with E-state index in [2.05, 4.69) is 38.2 Å². The number of nitrogens with zero attached hydrogens (tertiary/aromatic N) is 1. The van der Waals surface area contributed by atoms with Crippen LogP contribution in [0, 0.1) is 0 Å². The Hall–Kier alpha value is -2.49. The molecular weight excluding hydrogens is 336 g/mol. The van der Waals surface area contributed by atoms with Crippen LogP contribution < -0.4 is 10.1 Å². The van der Waals surface area contributed by atoms with Crippen molar-refractivity contribution in [3.05, 3.63) is 59.7 Å². The summed E-state index contributed by atoms with van der Waals surface area (Å²) in [6.07, 6.45) is 4.19. The van der Waals surface area contributed by atoms with Crippen LogP contribution in [0.1, 0.15) is 62.4 Å². The van der Waals surface area contributed by atoms with Crippen molar-refractivity contribution in [1.82, 2.24) is 4.90 Å². The van der Waals surface area contributed by atoms with Crippen LogP contribution in [-0.2, 0) is 5.66 Å². The first-order valence-electron chi connectivity index (χ1n) is 10.0. The molecule has 0 fully saturated rings. The van der Waals surface area contributed by atoms with Crippen molar-refractivity contribution in [2.45, 2.75) is 52.1 Å². The lowest BCUT2D eigenvalue weighted by Gasteiger charge is -2.47. The average Bonchev–Trinajstić information content (AvgIpc) is 2.68. The molecule has 1 unspecified atom stereocenters. The monoisotopic (exact) mass is 366 g/mol. The maximum atomic E-state index is 13.2. The first-order valence-corrected chi connectivity index (χ1v) is 10.0. The Kier molecular flexibility index (Phi) is 6.04. The summed E-state index contributed by atoms with van der Waals surface area (Å²) < 4.78 is 5.79. The molecule has 0 bridgehead atoms. The molecule has 3 rings (SSSR count). The number of hydrogen-bond donors (Lipinski definition) is 1. The number of unbranched alkanes of at least 4 members (excludes halogenated alkanes) is 2. The number of hydrogen-bond acceptors (Lipinski definition) is 3. The van der Waals surface area contributed by atoms with Crippen LogP contribution >= 0.6 is 0 Å². The van der Waals surface area contributed by atoms with Gasteiger partial charge in [0.25, 0.3) is 5.91 Å². The Balaban J connectivity index is 1.91. The Labute approximate surface area is 162 Å². The quantitative estimate of drug-likeness (QED) is 0.636. The van der Waals surface area contributed by atoms with Crippen molar-refractivity contribution < 1.29 is 9.53 Å². The molecule has 0 saturated carbocycles. The highest BCUT2D eigenvalue weighted by Crippen LogP contribution is 2.38. The Bertz CT molecular complexity index is 772. The molecule has 1 atom stereocenters. The third-order valence-corrected chi connectivity index (χ3v) is 5.24. The molecule has 27 heavy (non-hydrogen) atoms. The van der Waals surface area contributed by atoms with E-state index in [1.54, 1.807) is 0 Å². The number of fused-ring (bicyclic) bond motifs is 1. The van der Waals surface area contributed by atoms with Crippen LogP contribution in [0.2, 0.25) is 0 Å². The van der Waals surface area contributed by atoms with Crippen molar-refractivity contribution in [2.75, 3.05) is 18.5 Å². The second-order valence-corrected chi connectivity index (χ2v) is 7.28. The van der Waals surface area contributed by atoms with E-state index in [4.69, 9.17) is 4.74 Å². The largest absolute Gasteiger partial charge is 0.494 e. The molecule has 0 aliphatic carbocycles. The third-order valence-electron chi connectivity index (χ3n) is 5.24. The molecule has 0 spiro atoms. The molecule has 2 aromatic carbocycles. The highest BCUT2D eigenvalue weighted by molar-refractivity contribution is 6.02. The SMILES string of the molecule is CCCCOc1ccc(C2(C)Nc3ccccc3C(=O)N2CCCC)cc1. The summed E-state index contributed by atoms with van der Waals surface area (Å²) in [4.78, 5) is 15.2. The van der Waals surface area contributed by atoms with Gasteiger partial charge in [-0.1, -0.05) is 51.0 Å². The van der Waals surface area contributed by atoms with Crippen LogP contribution in [0.25, 0.3) is 0 Å². The van der Waals surface area contributed by atoms with Crippen molar-refractivity contribution >= 4 is 11.6 Å². The highest BCUT2D eigenvalue weighted by atomic mass is 16.5. The minimum Gasteiger partial charge on any atom is -0.494 e. The van der Waals surface area contributed by atoms with Gasteiger partial charge in [0.2, 0.25) is 0 Å². The molecule has 1 amide bonds. The maximum absolute atomic E-state index is 13.2.